The number of esters is 1. The van der Waals surface area contributed by atoms with Crippen LogP contribution in [-0.2, 0) is 9.53 Å². The second-order valence-corrected chi connectivity index (χ2v) is 6.28. The number of cyclic esters (lactones) is 1. The van der Waals surface area contributed by atoms with Gasteiger partial charge < -0.3 is 14.2 Å². The van der Waals surface area contributed by atoms with Crippen LogP contribution < -0.4 is 9.47 Å². The smallest absolute Gasteiger partial charge is 0.363 e. The molecular formula is C20H14ClNO4. The minimum atomic E-state index is -0.478. The maximum atomic E-state index is 12.1. The van der Waals surface area contributed by atoms with Gasteiger partial charge in [-0.15, -0.1) is 0 Å². The molecule has 0 bridgehead atoms. The van der Waals surface area contributed by atoms with Crippen molar-refractivity contribution in [3.05, 3.63) is 76.0 Å². The minimum Gasteiger partial charge on any atom is -0.454 e. The van der Waals surface area contributed by atoms with E-state index < -0.39 is 5.97 Å². The number of hydrogen-bond acceptors (Lipinski definition) is 5. The fourth-order valence-corrected chi connectivity index (χ4v) is 2.77. The Morgan fingerprint density at radius 3 is 2.69 bits per heavy atom. The third-order valence-corrected chi connectivity index (χ3v) is 4.12. The van der Waals surface area contributed by atoms with E-state index in [1.807, 2.05) is 31.2 Å². The molecule has 4 rings (SSSR count). The molecule has 0 aromatic heterocycles. The van der Waals surface area contributed by atoms with E-state index in [0.717, 1.165) is 16.9 Å². The number of ether oxygens (including phenoxy) is 3. The first-order valence-electron chi connectivity index (χ1n) is 7.95. The Kier molecular flexibility index (Phi) is 4.22. The second-order valence-electron chi connectivity index (χ2n) is 5.84. The van der Waals surface area contributed by atoms with Crippen LogP contribution in [0, 0.1) is 0 Å². The quantitative estimate of drug-likeness (QED) is 0.597. The number of carbonyl (C=O) groups is 1. The molecule has 2 heterocycles. The first-order valence-corrected chi connectivity index (χ1v) is 8.33. The molecule has 0 saturated carbocycles. The first kappa shape index (κ1) is 16.4. The summed E-state index contributed by atoms with van der Waals surface area (Å²) in [5, 5.41) is 0.608. The molecule has 0 atom stereocenters. The minimum absolute atomic E-state index is 0.236. The summed E-state index contributed by atoms with van der Waals surface area (Å²) in [6, 6.07) is 12.6. The molecule has 2 aromatic rings. The van der Waals surface area contributed by atoms with E-state index in [1.54, 1.807) is 30.3 Å². The molecule has 0 fully saturated rings. The van der Waals surface area contributed by atoms with E-state index in [4.69, 9.17) is 25.8 Å². The lowest BCUT2D eigenvalue weighted by atomic mass is 10.1. The van der Waals surface area contributed by atoms with Crippen molar-refractivity contribution in [1.29, 1.82) is 0 Å². The Balaban J connectivity index is 1.58. The summed E-state index contributed by atoms with van der Waals surface area (Å²) in [5.41, 5.74) is 2.75. The number of carbonyl (C=O) groups excluding carboxylic acids is 1. The predicted molar refractivity (Wildman–Crippen MR) is 98.4 cm³/mol. The molecule has 26 heavy (non-hydrogen) atoms. The van der Waals surface area contributed by atoms with Crippen molar-refractivity contribution >= 4 is 29.5 Å². The Morgan fingerprint density at radius 2 is 1.88 bits per heavy atom. The summed E-state index contributed by atoms with van der Waals surface area (Å²) < 4.78 is 15.9. The van der Waals surface area contributed by atoms with Crippen LogP contribution in [0.15, 0.2) is 64.8 Å². The Bertz CT molecular complexity index is 974. The van der Waals surface area contributed by atoms with Gasteiger partial charge in [-0.25, -0.2) is 9.79 Å². The molecule has 0 radical (unpaired) electrons. The molecule has 2 aliphatic rings. The van der Waals surface area contributed by atoms with Crippen molar-refractivity contribution in [2.45, 2.75) is 6.92 Å². The van der Waals surface area contributed by atoms with E-state index in [2.05, 4.69) is 4.99 Å². The number of halogens is 1. The number of nitrogens with zero attached hydrogens (tertiary/aromatic N) is 1. The third-order valence-electron chi connectivity index (χ3n) is 3.87. The van der Waals surface area contributed by atoms with E-state index in [0.29, 0.717) is 16.3 Å². The van der Waals surface area contributed by atoms with Crippen LogP contribution in [0.2, 0.25) is 5.02 Å². The van der Waals surface area contributed by atoms with Gasteiger partial charge >= 0.3 is 5.97 Å². The molecule has 2 aliphatic heterocycles. The topological polar surface area (TPSA) is 57.1 Å². The Hall–Kier alpha value is -3.05. The molecule has 0 spiro atoms. The fourth-order valence-electron chi connectivity index (χ4n) is 2.65. The van der Waals surface area contributed by atoms with Crippen LogP contribution in [0.3, 0.4) is 0 Å². The zero-order chi connectivity index (χ0) is 18.1. The summed E-state index contributed by atoms with van der Waals surface area (Å²) in [7, 11) is 0. The van der Waals surface area contributed by atoms with Gasteiger partial charge in [-0.05, 0) is 60.5 Å². The lowest BCUT2D eigenvalue weighted by molar-refractivity contribution is -0.130. The lowest BCUT2D eigenvalue weighted by Gasteiger charge is -1.99. The van der Waals surface area contributed by atoms with Gasteiger partial charge in [0.2, 0.25) is 12.7 Å². The summed E-state index contributed by atoms with van der Waals surface area (Å²) in [4.78, 5) is 16.4. The predicted octanol–water partition coefficient (Wildman–Crippen LogP) is 4.36. The van der Waals surface area contributed by atoms with Crippen molar-refractivity contribution in [3.63, 3.8) is 0 Å². The number of aliphatic imine (C=N–C) groups is 1. The van der Waals surface area contributed by atoms with Crippen molar-refractivity contribution in [3.8, 4) is 11.5 Å². The average molecular weight is 368 g/mol. The standard InChI is InChI=1S/C20H14ClNO4/c1-12(8-13-2-7-17-18(10-13)25-11-24-17)9-16-20(23)26-19(22-16)14-3-5-15(21)6-4-14/h2-10H,11H2,1H3/b12-8+,16-9+. The Morgan fingerprint density at radius 1 is 1.12 bits per heavy atom. The number of hydrogen-bond donors (Lipinski definition) is 0. The summed E-state index contributed by atoms with van der Waals surface area (Å²) in [6.07, 6.45) is 3.62. The van der Waals surface area contributed by atoms with Crippen LogP contribution in [-0.4, -0.2) is 18.7 Å². The van der Waals surface area contributed by atoms with E-state index in [-0.39, 0.29) is 18.4 Å². The molecular weight excluding hydrogens is 354 g/mol. The summed E-state index contributed by atoms with van der Waals surface area (Å²) in [6.45, 7) is 2.13. The molecule has 130 valence electrons. The van der Waals surface area contributed by atoms with Crippen molar-refractivity contribution in [1.82, 2.24) is 0 Å². The SMILES string of the molecule is CC(=C\c1ccc2c(c1)OCO2)/C=C1/N=C(c2ccc(Cl)cc2)OC1=O. The van der Waals surface area contributed by atoms with Gasteiger partial charge in [-0.2, -0.15) is 0 Å². The highest BCUT2D eigenvalue weighted by Gasteiger charge is 2.24. The van der Waals surface area contributed by atoms with Crippen LogP contribution in [0.1, 0.15) is 18.1 Å². The monoisotopic (exact) mass is 367 g/mol. The maximum Gasteiger partial charge on any atom is 0.363 e. The van der Waals surface area contributed by atoms with Gasteiger partial charge in [0.1, 0.15) is 0 Å². The van der Waals surface area contributed by atoms with Crippen molar-refractivity contribution < 1.29 is 19.0 Å². The van der Waals surface area contributed by atoms with Gasteiger partial charge in [0.25, 0.3) is 0 Å². The van der Waals surface area contributed by atoms with Crippen LogP contribution >= 0.6 is 11.6 Å². The van der Waals surface area contributed by atoms with Gasteiger partial charge in [0.15, 0.2) is 17.2 Å². The van der Waals surface area contributed by atoms with Crippen LogP contribution in [0.5, 0.6) is 11.5 Å². The number of fused-ring (bicyclic) bond motifs is 1. The molecule has 2 aromatic carbocycles. The number of rotatable bonds is 3. The maximum absolute atomic E-state index is 12.1. The highest BCUT2D eigenvalue weighted by Crippen LogP contribution is 2.33. The van der Waals surface area contributed by atoms with Gasteiger partial charge in [-0.3, -0.25) is 0 Å². The number of benzene rings is 2. The summed E-state index contributed by atoms with van der Waals surface area (Å²) >= 11 is 5.87. The zero-order valence-electron chi connectivity index (χ0n) is 13.9. The molecule has 0 amide bonds. The largest absolute Gasteiger partial charge is 0.454 e. The summed E-state index contributed by atoms with van der Waals surface area (Å²) in [5.74, 6) is 1.24. The first-order chi connectivity index (χ1) is 12.6. The molecule has 6 heteroatoms. The van der Waals surface area contributed by atoms with E-state index in [9.17, 15) is 4.79 Å². The molecule has 0 N–H and O–H groups in total. The average Bonchev–Trinajstić information content (AvgIpc) is 3.22. The lowest BCUT2D eigenvalue weighted by Crippen LogP contribution is -2.05. The molecule has 5 nitrogen and oxygen atoms in total. The zero-order valence-corrected chi connectivity index (χ0v) is 14.6. The number of allylic oxidation sites excluding steroid dienone is 2. The van der Waals surface area contributed by atoms with Crippen molar-refractivity contribution in [2.75, 3.05) is 6.79 Å². The highest BCUT2D eigenvalue weighted by molar-refractivity contribution is 6.30. The van der Waals surface area contributed by atoms with Crippen LogP contribution in [0.4, 0.5) is 0 Å². The molecule has 0 aliphatic carbocycles. The normalized spacial score (nSPS) is 17.5. The van der Waals surface area contributed by atoms with Crippen LogP contribution in [0.25, 0.3) is 6.08 Å². The molecule has 0 saturated heterocycles. The van der Waals surface area contributed by atoms with Gasteiger partial charge in [-0.1, -0.05) is 23.7 Å². The van der Waals surface area contributed by atoms with Crippen molar-refractivity contribution in [2.24, 2.45) is 4.99 Å². The highest BCUT2D eigenvalue weighted by atomic mass is 35.5. The van der Waals surface area contributed by atoms with E-state index >= 15 is 0 Å². The third kappa shape index (κ3) is 3.34. The van der Waals surface area contributed by atoms with E-state index in [1.165, 1.54) is 0 Å². The van der Waals surface area contributed by atoms with Gasteiger partial charge in [0, 0.05) is 10.6 Å². The fraction of sp³-hybridized carbons (Fsp3) is 0.100. The van der Waals surface area contributed by atoms with Gasteiger partial charge in [0.05, 0.1) is 0 Å². The molecule has 0 unspecified atom stereocenters. The Labute approximate surface area is 155 Å². The second kappa shape index (κ2) is 6.69.